The van der Waals surface area contributed by atoms with Crippen molar-refractivity contribution in [1.82, 2.24) is 14.9 Å². The van der Waals surface area contributed by atoms with Crippen LogP contribution in [-0.2, 0) is 4.74 Å². The Bertz CT molecular complexity index is 379. The van der Waals surface area contributed by atoms with Gasteiger partial charge in [-0.1, -0.05) is 19.1 Å². The van der Waals surface area contributed by atoms with Gasteiger partial charge in [0.1, 0.15) is 16.6 Å². The van der Waals surface area contributed by atoms with E-state index in [0.717, 1.165) is 32.1 Å². The summed E-state index contributed by atoms with van der Waals surface area (Å²) in [6.07, 6.45) is 1.75. The Morgan fingerprint density at radius 2 is 2.60 bits per heavy atom. The number of ether oxygens (including phenoxy) is 1. The lowest BCUT2D eigenvalue weighted by atomic mass is 10.2. The summed E-state index contributed by atoms with van der Waals surface area (Å²) in [6, 6.07) is 1.78. The lowest BCUT2D eigenvalue weighted by molar-refractivity contribution is -0.0326. The van der Waals surface area contributed by atoms with E-state index >= 15 is 0 Å². The third kappa shape index (κ3) is 2.62. The average Bonchev–Trinajstić information content (AvgIpc) is 2.29. The predicted octanol–water partition coefficient (Wildman–Crippen LogP) is 1.53. The summed E-state index contributed by atoms with van der Waals surface area (Å²) in [5.41, 5.74) is 0. The van der Waals surface area contributed by atoms with E-state index in [4.69, 9.17) is 17.0 Å². The summed E-state index contributed by atoms with van der Waals surface area (Å²) in [6.45, 7) is 5.85. The molecule has 82 valence electrons. The van der Waals surface area contributed by atoms with Crippen LogP contribution in [0.25, 0.3) is 0 Å². The van der Waals surface area contributed by atoms with Gasteiger partial charge in [-0.05, 0) is 12.6 Å². The number of hydrogen-bond acceptors (Lipinski definition) is 4. The van der Waals surface area contributed by atoms with E-state index in [1.54, 1.807) is 12.3 Å². The lowest BCUT2D eigenvalue weighted by Crippen LogP contribution is -2.38. The molecule has 1 aromatic rings. The molecule has 0 spiro atoms. The summed E-state index contributed by atoms with van der Waals surface area (Å²) < 4.78 is 6.38. The van der Waals surface area contributed by atoms with E-state index < -0.39 is 0 Å². The van der Waals surface area contributed by atoms with Crippen molar-refractivity contribution in [3.05, 3.63) is 22.7 Å². The van der Waals surface area contributed by atoms with E-state index in [1.807, 2.05) is 0 Å². The Kier molecular flexibility index (Phi) is 3.45. The molecule has 1 fully saturated rings. The Labute approximate surface area is 94.3 Å². The van der Waals surface area contributed by atoms with Crippen molar-refractivity contribution < 1.29 is 4.74 Å². The molecular weight excluding hydrogens is 210 g/mol. The molecule has 1 saturated heterocycles. The van der Waals surface area contributed by atoms with Gasteiger partial charge < -0.3 is 9.72 Å². The number of hydrogen-bond donors (Lipinski definition) is 1. The van der Waals surface area contributed by atoms with Crippen LogP contribution in [0.3, 0.4) is 0 Å². The second-order valence-corrected chi connectivity index (χ2v) is 4.01. The van der Waals surface area contributed by atoms with Crippen molar-refractivity contribution in [2.75, 3.05) is 26.2 Å². The van der Waals surface area contributed by atoms with Crippen molar-refractivity contribution in [2.24, 2.45) is 0 Å². The standard InChI is InChI=1S/C10H15N3OS/c1-2-13-5-6-14-8(7-13)10-11-4-3-9(15)12-10/h3-4,8H,2,5-7H2,1H3,(H,11,12,15). The highest BCUT2D eigenvalue weighted by Crippen LogP contribution is 2.18. The van der Waals surface area contributed by atoms with Crippen molar-refractivity contribution in [2.45, 2.75) is 13.0 Å². The van der Waals surface area contributed by atoms with Crippen LogP contribution in [0.2, 0.25) is 0 Å². The summed E-state index contributed by atoms with van der Waals surface area (Å²) in [5.74, 6) is 0.834. The van der Waals surface area contributed by atoms with Crippen molar-refractivity contribution >= 4 is 12.2 Å². The molecule has 1 N–H and O–H groups in total. The third-order valence-corrected chi connectivity index (χ3v) is 2.83. The van der Waals surface area contributed by atoms with Gasteiger partial charge in [0.2, 0.25) is 0 Å². The number of nitrogens with one attached hydrogen (secondary N) is 1. The van der Waals surface area contributed by atoms with E-state index in [0.29, 0.717) is 4.64 Å². The molecule has 5 heteroatoms. The molecular formula is C10H15N3OS. The Morgan fingerprint density at radius 1 is 1.73 bits per heavy atom. The zero-order valence-corrected chi connectivity index (χ0v) is 9.59. The maximum atomic E-state index is 5.67. The Morgan fingerprint density at radius 3 is 3.33 bits per heavy atom. The molecule has 1 aromatic heterocycles. The fraction of sp³-hybridized carbons (Fsp3) is 0.600. The van der Waals surface area contributed by atoms with Gasteiger partial charge in [0.15, 0.2) is 0 Å². The third-order valence-electron chi connectivity index (χ3n) is 2.59. The summed E-state index contributed by atoms with van der Waals surface area (Å²) in [5, 5.41) is 0. The van der Waals surface area contributed by atoms with Gasteiger partial charge in [-0.15, -0.1) is 0 Å². The first-order valence-corrected chi connectivity index (χ1v) is 5.59. The Balaban J connectivity index is 2.13. The monoisotopic (exact) mass is 225 g/mol. The summed E-state index contributed by atoms with van der Waals surface area (Å²) >= 11 is 5.06. The molecule has 1 atom stereocenters. The predicted molar refractivity (Wildman–Crippen MR) is 60.2 cm³/mol. The smallest absolute Gasteiger partial charge is 0.137 e. The molecule has 1 aliphatic rings. The van der Waals surface area contributed by atoms with E-state index in [9.17, 15) is 0 Å². The first-order chi connectivity index (χ1) is 7.29. The van der Waals surface area contributed by atoms with Crippen molar-refractivity contribution in [3.63, 3.8) is 0 Å². The molecule has 0 aromatic carbocycles. The molecule has 15 heavy (non-hydrogen) atoms. The second kappa shape index (κ2) is 4.83. The molecule has 2 rings (SSSR count). The van der Waals surface area contributed by atoms with E-state index in [1.165, 1.54) is 0 Å². The topological polar surface area (TPSA) is 41.1 Å². The van der Waals surface area contributed by atoms with Gasteiger partial charge in [-0.2, -0.15) is 0 Å². The maximum absolute atomic E-state index is 5.67. The number of likely N-dealkylation sites (N-methyl/N-ethyl adjacent to an activating group) is 1. The van der Waals surface area contributed by atoms with Gasteiger partial charge in [-0.3, -0.25) is 4.90 Å². The van der Waals surface area contributed by atoms with Gasteiger partial charge in [0.25, 0.3) is 0 Å². The molecule has 0 saturated carbocycles. The minimum Gasteiger partial charge on any atom is -0.368 e. The molecule has 0 radical (unpaired) electrons. The molecule has 0 bridgehead atoms. The number of morpholine rings is 1. The van der Waals surface area contributed by atoms with Crippen LogP contribution in [-0.4, -0.2) is 41.1 Å². The second-order valence-electron chi connectivity index (χ2n) is 3.57. The molecule has 2 heterocycles. The number of aromatic amines is 1. The van der Waals surface area contributed by atoms with Crippen molar-refractivity contribution in [1.29, 1.82) is 0 Å². The van der Waals surface area contributed by atoms with Gasteiger partial charge >= 0.3 is 0 Å². The average molecular weight is 225 g/mol. The zero-order chi connectivity index (χ0) is 10.7. The SMILES string of the molecule is CCN1CCOC(c2nccc(=S)[nH]2)C1. The van der Waals surface area contributed by atoms with E-state index in [-0.39, 0.29) is 6.10 Å². The normalized spacial score (nSPS) is 22.9. The first kappa shape index (κ1) is 10.7. The first-order valence-electron chi connectivity index (χ1n) is 5.19. The molecule has 1 aliphatic heterocycles. The number of nitrogens with zero attached hydrogens (tertiary/aromatic N) is 2. The zero-order valence-electron chi connectivity index (χ0n) is 8.77. The minimum atomic E-state index is 0.0293. The fourth-order valence-corrected chi connectivity index (χ4v) is 1.87. The lowest BCUT2D eigenvalue weighted by Gasteiger charge is -2.31. The van der Waals surface area contributed by atoms with Crippen LogP contribution in [0, 0.1) is 4.64 Å². The molecule has 0 amide bonds. The van der Waals surface area contributed by atoms with Crippen LogP contribution in [0.4, 0.5) is 0 Å². The Hall–Kier alpha value is -0.780. The fourth-order valence-electron chi connectivity index (χ4n) is 1.70. The minimum absolute atomic E-state index is 0.0293. The van der Waals surface area contributed by atoms with Crippen LogP contribution in [0.15, 0.2) is 12.3 Å². The number of rotatable bonds is 2. The summed E-state index contributed by atoms with van der Waals surface area (Å²) in [4.78, 5) is 9.68. The highest BCUT2D eigenvalue weighted by molar-refractivity contribution is 7.71. The van der Waals surface area contributed by atoms with E-state index in [2.05, 4.69) is 21.8 Å². The number of H-pyrrole nitrogens is 1. The highest BCUT2D eigenvalue weighted by Gasteiger charge is 2.22. The van der Waals surface area contributed by atoms with Crippen LogP contribution in [0.5, 0.6) is 0 Å². The van der Waals surface area contributed by atoms with Gasteiger partial charge in [0.05, 0.1) is 6.61 Å². The maximum Gasteiger partial charge on any atom is 0.137 e. The molecule has 1 unspecified atom stereocenters. The molecule has 4 nitrogen and oxygen atoms in total. The van der Waals surface area contributed by atoms with Gasteiger partial charge in [-0.25, -0.2) is 4.98 Å². The van der Waals surface area contributed by atoms with Crippen LogP contribution in [0.1, 0.15) is 18.9 Å². The van der Waals surface area contributed by atoms with Crippen molar-refractivity contribution in [3.8, 4) is 0 Å². The van der Waals surface area contributed by atoms with Crippen LogP contribution < -0.4 is 0 Å². The quantitative estimate of drug-likeness (QED) is 0.775. The van der Waals surface area contributed by atoms with Crippen LogP contribution >= 0.6 is 12.2 Å². The molecule has 0 aliphatic carbocycles. The largest absolute Gasteiger partial charge is 0.368 e. The highest BCUT2D eigenvalue weighted by atomic mass is 32.1. The summed E-state index contributed by atoms with van der Waals surface area (Å²) in [7, 11) is 0. The number of aromatic nitrogens is 2. The van der Waals surface area contributed by atoms with Gasteiger partial charge in [0, 0.05) is 19.3 Å².